The highest BCUT2D eigenvalue weighted by molar-refractivity contribution is 5.91. The molecule has 1 atom stereocenters. The first-order chi connectivity index (χ1) is 12.6. The Hall–Kier alpha value is -2.19. The van der Waals surface area contributed by atoms with Crippen LogP contribution in [0.15, 0.2) is 12.3 Å². The van der Waals surface area contributed by atoms with E-state index in [1.165, 1.54) is 6.92 Å². The molecule has 8 heteroatoms. The Labute approximate surface area is 151 Å². The summed E-state index contributed by atoms with van der Waals surface area (Å²) in [6.07, 6.45) is 6.75. The smallest absolute Gasteiger partial charge is 0.242 e. The van der Waals surface area contributed by atoms with Gasteiger partial charge in [0, 0.05) is 45.7 Å². The minimum atomic E-state index is -0.159. The molecule has 1 saturated carbocycles. The summed E-state index contributed by atoms with van der Waals surface area (Å²) in [6, 6.07) is 1.83. The highest BCUT2D eigenvalue weighted by Gasteiger charge is 2.32. The lowest BCUT2D eigenvalue weighted by Crippen LogP contribution is -2.39. The summed E-state index contributed by atoms with van der Waals surface area (Å²) in [5.74, 6) is 0.903. The van der Waals surface area contributed by atoms with Crippen molar-refractivity contribution in [3.8, 4) is 5.88 Å². The van der Waals surface area contributed by atoms with Crippen LogP contribution < -0.4 is 10.1 Å². The van der Waals surface area contributed by atoms with Gasteiger partial charge in [-0.15, -0.1) is 5.10 Å². The molecule has 140 valence electrons. The van der Waals surface area contributed by atoms with Crippen molar-refractivity contribution >= 4 is 22.6 Å². The average molecular weight is 360 g/mol. The number of nitrogens with zero attached hydrogens (tertiary/aromatic N) is 3. The summed E-state index contributed by atoms with van der Waals surface area (Å²) < 4.78 is 19.2. The van der Waals surface area contributed by atoms with Crippen LogP contribution in [0.25, 0.3) is 10.9 Å². The summed E-state index contributed by atoms with van der Waals surface area (Å²) in [4.78, 5) is 15.7. The van der Waals surface area contributed by atoms with E-state index in [4.69, 9.17) is 14.2 Å². The molecule has 0 radical (unpaired) electrons. The fraction of sp³-hybridized carbons (Fsp3) is 0.611. The highest BCUT2D eigenvalue weighted by atomic mass is 16.5. The third-order valence-electron chi connectivity index (χ3n) is 4.95. The molecule has 2 fully saturated rings. The van der Waals surface area contributed by atoms with E-state index < -0.39 is 0 Å². The molecule has 0 bridgehead atoms. The summed E-state index contributed by atoms with van der Waals surface area (Å²) in [7, 11) is 1.72. The van der Waals surface area contributed by atoms with Gasteiger partial charge in [0.1, 0.15) is 11.9 Å². The summed E-state index contributed by atoms with van der Waals surface area (Å²) >= 11 is 0. The number of hydrogen-bond donors (Lipinski definition) is 1. The van der Waals surface area contributed by atoms with Crippen LogP contribution in [-0.2, 0) is 14.3 Å². The van der Waals surface area contributed by atoms with Crippen LogP contribution in [-0.4, -0.2) is 46.6 Å². The van der Waals surface area contributed by atoms with Crippen molar-refractivity contribution < 1.29 is 19.0 Å². The van der Waals surface area contributed by atoms with Gasteiger partial charge in [-0.3, -0.25) is 4.79 Å². The van der Waals surface area contributed by atoms with Gasteiger partial charge in [-0.05, 0) is 19.3 Å². The van der Waals surface area contributed by atoms with Crippen LogP contribution in [0.5, 0.6) is 5.88 Å². The second-order valence-corrected chi connectivity index (χ2v) is 6.91. The molecule has 3 heterocycles. The second kappa shape index (κ2) is 7.20. The molecular weight excluding hydrogens is 336 g/mol. The first kappa shape index (κ1) is 17.2. The lowest BCUT2D eigenvalue weighted by Gasteiger charge is -2.33. The van der Waals surface area contributed by atoms with Crippen LogP contribution in [0.1, 0.15) is 45.3 Å². The van der Waals surface area contributed by atoms with Crippen LogP contribution in [0.2, 0.25) is 0 Å². The number of nitrogens with one attached hydrogen (secondary N) is 1. The standard InChI is InChI=1S/C18H24N4O4/c1-11(23)20-16-9-15-14(10-19-16)18(26-13-7-12(8-13)24-2)21-22(15)17-5-3-4-6-25-17/h9-10,12-13,17H,3-8H2,1-2H3,(H,19,20,23). The van der Waals surface area contributed by atoms with Crippen molar-refractivity contribution in [3.63, 3.8) is 0 Å². The van der Waals surface area contributed by atoms with E-state index >= 15 is 0 Å². The van der Waals surface area contributed by atoms with E-state index in [9.17, 15) is 4.79 Å². The predicted octanol–water partition coefficient (Wildman–Crippen LogP) is 2.65. The van der Waals surface area contributed by atoms with E-state index in [1.54, 1.807) is 13.3 Å². The molecule has 1 unspecified atom stereocenters. The third kappa shape index (κ3) is 3.39. The zero-order chi connectivity index (χ0) is 18.1. The fourth-order valence-corrected chi connectivity index (χ4v) is 3.44. The van der Waals surface area contributed by atoms with Crippen LogP contribution in [0.4, 0.5) is 5.82 Å². The molecule has 4 rings (SSSR count). The van der Waals surface area contributed by atoms with E-state index in [2.05, 4.69) is 15.4 Å². The Morgan fingerprint density at radius 3 is 2.88 bits per heavy atom. The SMILES string of the molecule is COC1CC(Oc2nn(C3CCCCO3)c3cc(NC(C)=O)ncc23)C1. The zero-order valence-electron chi connectivity index (χ0n) is 15.1. The van der Waals surface area contributed by atoms with Gasteiger partial charge in [0.15, 0.2) is 6.23 Å². The third-order valence-corrected chi connectivity index (χ3v) is 4.95. The summed E-state index contributed by atoms with van der Waals surface area (Å²) in [6.45, 7) is 2.19. The number of rotatable bonds is 5. The minimum absolute atomic E-state index is 0.105. The van der Waals surface area contributed by atoms with E-state index in [0.29, 0.717) is 11.7 Å². The topological polar surface area (TPSA) is 87.5 Å². The maximum atomic E-state index is 11.4. The normalized spacial score (nSPS) is 25.7. The molecule has 26 heavy (non-hydrogen) atoms. The monoisotopic (exact) mass is 360 g/mol. The molecular formula is C18H24N4O4. The van der Waals surface area contributed by atoms with Crippen LogP contribution in [0, 0.1) is 0 Å². The molecule has 8 nitrogen and oxygen atoms in total. The van der Waals surface area contributed by atoms with Gasteiger partial charge in [0.2, 0.25) is 11.8 Å². The number of amides is 1. The number of hydrogen-bond acceptors (Lipinski definition) is 6. The van der Waals surface area contributed by atoms with Crippen molar-refractivity contribution in [2.24, 2.45) is 0 Å². The molecule has 1 N–H and O–H groups in total. The van der Waals surface area contributed by atoms with Crippen molar-refractivity contribution in [2.75, 3.05) is 19.0 Å². The number of ether oxygens (including phenoxy) is 3. The van der Waals surface area contributed by atoms with Gasteiger partial charge in [-0.2, -0.15) is 0 Å². The Balaban J connectivity index is 1.66. The maximum absolute atomic E-state index is 11.4. The predicted molar refractivity (Wildman–Crippen MR) is 95.1 cm³/mol. The quantitative estimate of drug-likeness (QED) is 0.882. The highest BCUT2D eigenvalue weighted by Crippen LogP contribution is 2.35. The largest absolute Gasteiger partial charge is 0.473 e. The number of carbonyl (C=O) groups is 1. The van der Waals surface area contributed by atoms with Crippen molar-refractivity contribution in [1.82, 2.24) is 14.8 Å². The number of pyridine rings is 1. The van der Waals surface area contributed by atoms with Gasteiger partial charge in [-0.25, -0.2) is 9.67 Å². The Morgan fingerprint density at radius 1 is 1.35 bits per heavy atom. The summed E-state index contributed by atoms with van der Waals surface area (Å²) in [5.41, 5.74) is 0.855. The van der Waals surface area contributed by atoms with E-state index in [-0.39, 0.29) is 24.3 Å². The van der Waals surface area contributed by atoms with Gasteiger partial charge in [-0.1, -0.05) is 0 Å². The molecule has 2 aromatic rings. The Kier molecular flexibility index (Phi) is 4.78. The van der Waals surface area contributed by atoms with Gasteiger partial charge < -0.3 is 19.5 Å². The lowest BCUT2D eigenvalue weighted by molar-refractivity contribution is -0.114. The minimum Gasteiger partial charge on any atom is -0.473 e. The van der Waals surface area contributed by atoms with Gasteiger partial charge >= 0.3 is 0 Å². The first-order valence-corrected chi connectivity index (χ1v) is 9.11. The molecule has 0 spiro atoms. The number of fused-ring (bicyclic) bond motifs is 1. The fourth-order valence-electron chi connectivity index (χ4n) is 3.44. The van der Waals surface area contributed by atoms with E-state index in [1.807, 2.05) is 10.7 Å². The number of carbonyl (C=O) groups excluding carboxylic acids is 1. The van der Waals surface area contributed by atoms with E-state index in [0.717, 1.165) is 49.6 Å². The Morgan fingerprint density at radius 2 is 2.19 bits per heavy atom. The summed E-state index contributed by atoms with van der Waals surface area (Å²) in [5, 5.41) is 8.23. The number of aromatic nitrogens is 3. The molecule has 1 aliphatic carbocycles. The van der Waals surface area contributed by atoms with Crippen LogP contribution >= 0.6 is 0 Å². The van der Waals surface area contributed by atoms with Crippen molar-refractivity contribution in [3.05, 3.63) is 12.3 Å². The molecule has 1 amide bonds. The Bertz CT molecular complexity index is 794. The number of anilines is 1. The van der Waals surface area contributed by atoms with Gasteiger partial charge in [0.05, 0.1) is 17.0 Å². The molecule has 0 aromatic carbocycles. The maximum Gasteiger partial charge on any atom is 0.242 e. The van der Waals surface area contributed by atoms with Crippen LogP contribution in [0.3, 0.4) is 0 Å². The molecule has 2 aliphatic rings. The van der Waals surface area contributed by atoms with Gasteiger partial charge in [0.25, 0.3) is 0 Å². The average Bonchev–Trinajstić information content (AvgIpc) is 2.96. The zero-order valence-corrected chi connectivity index (χ0v) is 15.1. The van der Waals surface area contributed by atoms with Crippen molar-refractivity contribution in [1.29, 1.82) is 0 Å². The lowest BCUT2D eigenvalue weighted by atomic mass is 9.92. The molecule has 2 aromatic heterocycles. The first-order valence-electron chi connectivity index (χ1n) is 9.11. The molecule has 1 saturated heterocycles. The van der Waals surface area contributed by atoms with Crippen molar-refractivity contribution in [2.45, 2.75) is 57.5 Å². The second-order valence-electron chi connectivity index (χ2n) is 6.91. The number of methoxy groups -OCH3 is 1. The molecule has 1 aliphatic heterocycles.